The highest BCUT2D eigenvalue weighted by atomic mass is 32.1. The molecule has 0 aliphatic heterocycles. The van der Waals surface area contributed by atoms with Gasteiger partial charge >= 0.3 is 12.3 Å². The highest BCUT2D eigenvalue weighted by Gasteiger charge is 2.40. The standard InChI is InChI=1S/C11H14F4N2OS/c1-3-7-6(2)9(19)17-8(16-7)4-18-5-11(14,15)10(12)13/h10H,3-5H2,1-2H3,(H,16,17,19). The summed E-state index contributed by atoms with van der Waals surface area (Å²) in [7, 11) is 0. The number of aromatic amines is 1. The van der Waals surface area contributed by atoms with Crippen molar-refractivity contribution in [2.75, 3.05) is 6.61 Å². The molecule has 0 aliphatic rings. The molecule has 8 heteroatoms. The molecule has 0 amide bonds. The van der Waals surface area contributed by atoms with Crippen molar-refractivity contribution in [3.8, 4) is 0 Å². The van der Waals surface area contributed by atoms with E-state index < -0.39 is 19.0 Å². The minimum absolute atomic E-state index is 0.248. The van der Waals surface area contributed by atoms with Crippen LogP contribution in [0.1, 0.15) is 24.0 Å². The quantitative estimate of drug-likeness (QED) is 0.646. The Hall–Kier alpha value is -1.02. The molecule has 0 atom stereocenters. The first-order valence-corrected chi connectivity index (χ1v) is 6.01. The number of ether oxygens (including phenoxy) is 1. The molecule has 0 fully saturated rings. The Morgan fingerprint density at radius 3 is 2.58 bits per heavy atom. The molecule has 0 aliphatic carbocycles. The van der Waals surface area contributed by atoms with Crippen molar-refractivity contribution in [2.24, 2.45) is 0 Å². The van der Waals surface area contributed by atoms with Crippen molar-refractivity contribution in [3.63, 3.8) is 0 Å². The number of aryl methyl sites for hydroxylation is 1. The predicted molar refractivity (Wildman–Crippen MR) is 64.1 cm³/mol. The fourth-order valence-corrected chi connectivity index (χ4v) is 1.63. The minimum atomic E-state index is -4.16. The van der Waals surface area contributed by atoms with Crippen molar-refractivity contribution in [2.45, 2.75) is 39.2 Å². The third kappa shape index (κ3) is 4.24. The summed E-state index contributed by atoms with van der Waals surface area (Å²) in [6.45, 7) is 2.00. The largest absolute Gasteiger partial charge is 0.367 e. The molecule has 0 radical (unpaired) electrons. The zero-order valence-electron chi connectivity index (χ0n) is 10.5. The molecule has 0 saturated carbocycles. The molecule has 108 valence electrons. The number of H-pyrrole nitrogens is 1. The summed E-state index contributed by atoms with van der Waals surface area (Å²) in [6.07, 6.45) is -3.08. The second kappa shape index (κ2) is 6.42. The molecule has 0 spiro atoms. The normalized spacial score (nSPS) is 12.2. The molecule has 1 aromatic rings. The number of aromatic nitrogens is 2. The van der Waals surface area contributed by atoms with Crippen LogP contribution >= 0.6 is 12.2 Å². The smallest absolute Gasteiger partial charge is 0.330 e. The zero-order chi connectivity index (χ0) is 14.6. The molecule has 1 aromatic heterocycles. The lowest BCUT2D eigenvalue weighted by Gasteiger charge is -2.15. The van der Waals surface area contributed by atoms with Crippen LogP contribution in [0.25, 0.3) is 0 Å². The molecule has 1 rings (SSSR count). The van der Waals surface area contributed by atoms with Gasteiger partial charge in [-0.1, -0.05) is 19.1 Å². The first-order chi connectivity index (χ1) is 8.77. The predicted octanol–water partition coefficient (Wildman–Crippen LogP) is 3.43. The van der Waals surface area contributed by atoms with E-state index in [2.05, 4.69) is 14.7 Å². The number of halogens is 4. The number of nitrogens with one attached hydrogen (secondary N) is 1. The fourth-order valence-electron chi connectivity index (χ4n) is 1.40. The molecule has 0 aromatic carbocycles. The third-order valence-corrected chi connectivity index (χ3v) is 2.91. The van der Waals surface area contributed by atoms with Gasteiger partial charge in [-0.05, 0) is 13.3 Å². The van der Waals surface area contributed by atoms with Gasteiger partial charge in [0.1, 0.15) is 23.7 Å². The van der Waals surface area contributed by atoms with Crippen LogP contribution in [0, 0.1) is 11.6 Å². The van der Waals surface area contributed by atoms with Crippen LogP contribution in [0.3, 0.4) is 0 Å². The summed E-state index contributed by atoms with van der Waals surface area (Å²) in [6, 6.07) is 0. The average molecular weight is 298 g/mol. The van der Waals surface area contributed by atoms with Crippen molar-refractivity contribution in [1.29, 1.82) is 0 Å². The lowest BCUT2D eigenvalue weighted by Crippen LogP contribution is -2.32. The van der Waals surface area contributed by atoms with Crippen LogP contribution in [-0.2, 0) is 17.8 Å². The van der Waals surface area contributed by atoms with Crippen molar-refractivity contribution in [3.05, 3.63) is 21.7 Å². The fraction of sp³-hybridized carbons (Fsp3) is 0.636. The van der Waals surface area contributed by atoms with Gasteiger partial charge in [-0.2, -0.15) is 8.78 Å². The number of hydrogen-bond donors (Lipinski definition) is 1. The van der Waals surface area contributed by atoms with Crippen LogP contribution in [0.15, 0.2) is 0 Å². The van der Waals surface area contributed by atoms with Crippen LogP contribution in [0.4, 0.5) is 17.6 Å². The Labute approximate surface area is 113 Å². The van der Waals surface area contributed by atoms with Gasteiger partial charge in [0.25, 0.3) is 0 Å². The Kier molecular flexibility index (Phi) is 5.42. The summed E-state index contributed by atoms with van der Waals surface area (Å²) < 4.78 is 53.9. The molecule has 0 saturated heterocycles. The first-order valence-electron chi connectivity index (χ1n) is 5.60. The second-order valence-corrected chi connectivity index (χ2v) is 4.39. The van der Waals surface area contributed by atoms with Crippen molar-refractivity contribution >= 4 is 12.2 Å². The van der Waals surface area contributed by atoms with Crippen LogP contribution in [0.2, 0.25) is 0 Å². The highest BCUT2D eigenvalue weighted by molar-refractivity contribution is 7.71. The Morgan fingerprint density at radius 2 is 2.05 bits per heavy atom. The van der Waals surface area contributed by atoms with E-state index >= 15 is 0 Å². The van der Waals surface area contributed by atoms with Gasteiger partial charge in [0.2, 0.25) is 0 Å². The summed E-state index contributed by atoms with van der Waals surface area (Å²) in [5, 5.41) is 0. The number of rotatable bonds is 6. The van der Waals surface area contributed by atoms with E-state index in [4.69, 9.17) is 12.2 Å². The minimum Gasteiger partial charge on any atom is -0.367 e. The third-order valence-electron chi connectivity index (χ3n) is 2.51. The Balaban J connectivity index is 2.69. The van der Waals surface area contributed by atoms with Crippen molar-refractivity contribution in [1.82, 2.24) is 9.97 Å². The zero-order valence-corrected chi connectivity index (χ0v) is 11.3. The monoisotopic (exact) mass is 298 g/mol. The molecule has 1 N–H and O–H groups in total. The lowest BCUT2D eigenvalue weighted by molar-refractivity contribution is -0.168. The first kappa shape index (κ1) is 16.0. The van der Waals surface area contributed by atoms with Crippen molar-refractivity contribution < 1.29 is 22.3 Å². The van der Waals surface area contributed by atoms with Crippen LogP contribution in [-0.4, -0.2) is 28.9 Å². The molecular weight excluding hydrogens is 284 g/mol. The van der Waals surface area contributed by atoms with Gasteiger partial charge in [0.15, 0.2) is 0 Å². The number of nitrogens with zero attached hydrogens (tertiary/aromatic N) is 1. The molecule has 1 heterocycles. The molecule has 19 heavy (non-hydrogen) atoms. The lowest BCUT2D eigenvalue weighted by atomic mass is 10.2. The molecule has 0 bridgehead atoms. The van der Waals surface area contributed by atoms with E-state index in [-0.39, 0.29) is 12.4 Å². The maximum Gasteiger partial charge on any atom is 0.330 e. The van der Waals surface area contributed by atoms with E-state index in [1.807, 2.05) is 6.92 Å². The number of hydrogen-bond acceptors (Lipinski definition) is 3. The van der Waals surface area contributed by atoms with Gasteiger partial charge in [-0.15, -0.1) is 0 Å². The molecule has 3 nitrogen and oxygen atoms in total. The second-order valence-electron chi connectivity index (χ2n) is 4.00. The summed E-state index contributed by atoms with van der Waals surface area (Å²) in [5.41, 5.74) is 1.62. The van der Waals surface area contributed by atoms with E-state index in [1.165, 1.54) is 0 Å². The van der Waals surface area contributed by atoms with Crippen LogP contribution < -0.4 is 0 Å². The SMILES string of the molecule is CCc1[nH]c(COCC(F)(F)C(F)F)nc(=S)c1C. The average Bonchev–Trinajstić information content (AvgIpc) is 2.33. The Morgan fingerprint density at radius 1 is 1.42 bits per heavy atom. The summed E-state index contributed by atoms with van der Waals surface area (Å²) in [5.74, 6) is -3.91. The Bertz CT molecular complexity index is 490. The molecular formula is C11H14F4N2OS. The van der Waals surface area contributed by atoms with Gasteiger partial charge in [-0.3, -0.25) is 0 Å². The van der Waals surface area contributed by atoms with E-state index in [1.54, 1.807) is 6.92 Å². The summed E-state index contributed by atoms with van der Waals surface area (Å²) >= 11 is 5.01. The van der Waals surface area contributed by atoms with Gasteiger partial charge in [0.05, 0.1) is 0 Å². The van der Waals surface area contributed by atoms with E-state index in [9.17, 15) is 17.6 Å². The van der Waals surface area contributed by atoms with E-state index in [0.717, 1.165) is 11.3 Å². The van der Waals surface area contributed by atoms with Gasteiger partial charge in [-0.25, -0.2) is 13.8 Å². The summed E-state index contributed by atoms with van der Waals surface area (Å²) in [4.78, 5) is 6.83. The van der Waals surface area contributed by atoms with Crippen LogP contribution in [0.5, 0.6) is 0 Å². The molecule has 0 unspecified atom stereocenters. The maximum absolute atomic E-state index is 12.6. The van der Waals surface area contributed by atoms with Gasteiger partial charge < -0.3 is 9.72 Å². The maximum atomic E-state index is 12.6. The highest BCUT2D eigenvalue weighted by Crippen LogP contribution is 2.23. The topological polar surface area (TPSA) is 37.9 Å². The van der Waals surface area contributed by atoms with E-state index in [0.29, 0.717) is 11.1 Å². The van der Waals surface area contributed by atoms with Gasteiger partial charge in [0, 0.05) is 11.3 Å². The number of alkyl halides is 4.